The molecule has 0 fully saturated rings. The van der Waals surface area contributed by atoms with Crippen LogP contribution >= 0.6 is 0 Å². The van der Waals surface area contributed by atoms with Crippen molar-refractivity contribution in [2.24, 2.45) is 0 Å². The molecule has 0 rings (SSSR count). The maximum atomic E-state index is 8.72. The van der Waals surface area contributed by atoms with Crippen molar-refractivity contribution in [2.45, 2.75) is 12.8 Å². The Morgan fingerprint density at radius 3 is 1.60 bits per heavy atom. The largest absolute Gasteiger partial charge is 0.381 e. The van der Waals surface area contributed by atoms with E-state index in [2.05, 4.69) is 0 Å². The third kappa shape index (κ3) is 10.1. The average Bonchev–Trinajstić information content (AvgIpc) is 2.26. The van der Waals surface area contributed by atoms with Crippen molar-refractivity contribution in [3.63, 3.8) is 0 Å². The molecule has 0 aromatic heterocycles. The van der Waals surface area contributed by atoms with Crippen LogP contribution in [0.15, 0.2) is 0 Å². The zero-order valence-electron chi connectivity index (χ0n) is 9.85. The molecule has 5 heteroatoms. The molecule has 2 N–H and O–H groups in total. The van der Waals surface area contributed by atoms with E-state index >= 15 is 0 Å². The van der Waals surface area contributed by atoms with E-state index in [9.17, 15) is 0 Å². The van der Waals surface area contributed by atoms with E-state index in [1.54, 1.807) is 0 Å². The fourth-order valence-corrected chi connectivity index (χ4v) is 1.12. The van der Waals surface area contributed by atoms with Crippen LogP contribution in [-0.4, -0.2) is 73.9 Å². The van der Waals surface area contributed by atoms with Crippen molar-refractivity contribution in [2.75, 3.05) is 53.9 Å². The van der Waals surface area contributed by atoms with Crippen LogP contribution in [0, 0.1) is 0 Å². The molecule has 0 saturated carbocycles. The summed E-state index contributed by atoms with van der Waals surface area (Å²) in [6, 6.07) is 0. The average molecular weight is 220 g/mol. The van der Waals surface area contributed by atoms with Crippen molar-refractivity contribution in [1.29, 1.82) is 0 Å². The maximum absolute atomic E-state index is 8.72. The Balaban J connectivity index is 3.05. The van der Waals surface area contributed by atoms with Crippen molar-refractivity contribution in [1.82, 2.24) is 9.80 Å². The van der Waals surface area contributed by atoms with Gasteiger partial charge in [-0.3, -0.25) is 9.80 Å². The summed E-state index contributed by atoms with van der Waals surface area (Å²) < 4.78 is 5.41. The first kappa shape index (κ1) is 14.8. The second kappa shape index (κ2) is 10.3. The molecule has 0 unspecified atom stereocenters. The summed E-state index contributed by atoms with van der Waals surface area (Å²) in [6.07, 6.45) is 1.87. The molecule has 0 aromatic carbocycles. The van der Waals surface area contributed by atoms with Gasteiger partial charge in [-0.15, -0.1) is 0 Å². The first-order valence-electron chi connectivity index (χ1n) is 5.37. The van der Waals surface area contributed by atoms with Gasteiger partial charge in [0.25, 0.3) is 0 Å². The molecule has 0 amide bonds. The smallest absolute Gasteiger partial charge is 0.0954 e. The van der Waals surface area contributed by atoms with Crippen LogP contribution in [0.4, 0.5) is 0 Å². The van der Waals surface area contributed by atoms with Gasteiger partial charge in [0.05, 0.1) is 13.5 Å². The van der Waals surface area contributed by atoms with Gasteiger partial charge in [-0.2, -0.15) is 0 Å². The standard InChI is InChI=1S/C10H24N2O3/c1-11(9-13)5-3-7-15-8-4-6-12(2)10-14/h13-14H,3-10H2,1-2H3. The summed E-state index contributed by atoms with van der Waals surface area (Å²) in [5, 5.41) is 17.4. The summed E-state index contributed by atoms with van der Waals surface area (Å²) in [4.78, 5) is 3.67. The van der Waals surface area contributed by atoms with Gasteiger partial charge in [0.15, 0.2) is 0 Å². The number of hydrogen-bond donors (Lipinski definition) is 2. The molecule has 5 nitrogen and oxygen atoms in total. The highest BCUT2D eigenvalue weighted by Crippen LogP contribution is 1.90. The number of hydrogen-bond acceptors (Lipinski definition) is 5. The van der Waals surface area contributed by atoms with Crippen LogP contribution in [0.2, 0.25) is 0 Å². The van der Waals surface area contributed by atoms with Gasteiger partial charge in [0.2, 0.25) is 0 Å². The molecule has 0 saturated heterocycles. The molecule has 0 aliphatic carbocycles. The number of nitrogens with zero attached hydrogens (tertiary/aromatic N) is 2. The molecule has 92 valence electrons. The molecule has 0 radical (unpaired) electrons. The molecule has 0 aromatic rings. The number of ether oxygens (including phenoxy) is 1. The van der Waals surface area contributed by atoms with E-state index in [-0.39, 0.29) is 13.5 Å². The number of aliphatic hydroxyl groups is 2. The van der Waals surface area contributed by atoms with Gasteiger partial charge in [-0.1, -0.05) is 0 Å². The zero-order chi connectivity index (χ0) is 11.5. The Kier molecular flexibility index (Phi) is 10.2. The predicted molar refractivity (Wildman–Crippen MR) is 59.5 cm³/mol. The summed E-state index contributed by atoms with van der Waals surface area (Å²) in [5.74, 6) is 0. The first-order valence-corrected chi connectivity index (χ1v) is 5.37. The lowest BCUT2D eigenvalue weighted by molar-refractivity contribution is 0.0839. The fraction of sp³-hybridized carbons (Fsp3) is 1.00. The van der Waals surface area contributed by atoms with E-state index < -0.39 is 0 Å². The zero-order valence-corrected chi connectivity index (χ0v) is 9.85. The third-order valence-electron chi connectivity index (χ3n) is 2.14. The SMILES string of the molecule is CN(CO)CCCOCCCN(C)CO. The summed E-state index contributed by atoms with van der Waals surface area (Å²) >= 11 is 0. The van der Waals surface area contributed by atoms with Gasteiger partial charge >= 0.3 is 0 Å². The Hall–Kier alpha value is -0.200. The van der Waals surface area contributed by atoms with E-state index in [4.69, 9.17) is 14.9 Å². The van der Waals surface area contributed by atoms with Gasteiger partial charge in [-0.25, -0.2) is 0 Å². The maximum Gasteiger partial charge on any atom is 0.0954 e. The Bertz CT molecular complexity index is 122. The molecule has 0 heterocycles. The molecular weight excluding hydrogens is 196 g/mol. The van der Waals surface area contributed by atoms with Crippen molar-refractivity contribution >= 4 is 0 Å². The number of rotatable bonds is 10. The van der Waals surface area contributed by atoms with Crippen LogP contribution < -0.4 is 0 Å². The molecule has 15 heavy (non-hydrogen) atoms. The van der Waals surface area contributed by atoms with Crippen molar-refractivity contribution in [3.05, 3.63) is 0 Å². The van der Waals surface area contributed by atoms with Crippen molar-refractivity contribution < 1.29 is 14.9 Å². The topological polar surface area (TPSA) is 56.2 Å². The molecule has 0 bridgehead atoms. The minimum Gasteiger partial charge on any atom is -0.381 e. The van der Waals surface area contributed by atoms with Gasteiger partial charge in [-0.05, 0) is 26.9 Å². The predicted octanol–water partition coefficient (Wildman–Crippen LogP) is -0.454. The quantitative estimate of drug-likeness (QED) is 0.386. The van der Waals surface area contributed by atoms with Crippen LogP contribution in [0.5, 0.6) is 0 Å². The van der Waals surface area contributed by atoms with Crippen LogP contribution in [0.25, 0.3) is 0 Å². The molecule has 0 aliphatic rings. The minimum absolute atomic E-state index is 0.0985. The Labute approximate surface area is 92.2 Å². The lowest BCUT2D eigenvalue weighted by Gasteiger charge is -2.14. The monoisotopic (exact) mass is 220 g/mol. The molecule has 0 atom stereocenters. The Morgan fingerprint density at radius 2 is 1.27 bits per heavy atom. The summed E-state index contributed by atoms with van der Waals surface area (Å²) in [5.41, 5.74) is 0. The second-order valence-electron chi connectivity index (χ2n) is 3.76. The van der Waals surface area contributed by atoms with Gasteiger partial charge in [0.1, 0.15) is 0 Å². The second-order valence-corrected chi connectivity index (χ2v) is 3.76. The van der Waals surface area contributed by atoms with Gasteiger partial charge in [0, 0.05) is 26.3 Å². The molecule has 0 spiro atoms. The van der Waals surface area contributed by atoms with Crippen LogP contribution in [0.3, 0.4) is 0 Å². The van der Waals surface area contributed by atoms with Crippen molar-refractivity contribution in [3.8, 4) is 0 Å². The van der Waals surface area contributed by atoms with E-state index in [0.717, 1.165) is 39.1 Å². The van der Waals surface area contributed by atoms with Gasteiger partial charge < -0.3 is 14.9 Å². The van der Waals surface area contributed by atoms with E-state index in [1.807, 2.05) is 23.9 Å². The van der Waals surface area contributed by atoms with Crippen LogP contribution in [0.1, 0.15) is 12.8 Å². The highest BCUT2D eigenvalue weighted by molar-refractivity contribution is 4.47. The first-order chi connectivity index (χ1) is 7.20. The summed E-state index contributed by atoms with van der Waals surface area (Å²) in [7, 11) is 3.74. The highest BCUT2D eigenvalue weighted by atomic mass is 16.5. The van der Waals surface area contributed by atoms with E-state index in [1.165, 1.54) is 0 Å². The summed E-state index contributed by atoms with van der Waals surface area (Å²) in [6.45, 7) is 3.36. The van der Waals surface area contributed by atoms with E-state index in [0.29, 0.717) is 0 Å². The molecule has 0 aliphatic heterocycles. The lowest BCUT2D eigenvalue weighted by atomic mass is 10.4. The highest BCUT2D eigenvalue weighted by Gasteiger charge is 1.96. The Morgan fingerprint density at radius 1 is 0.867 bits per heavy atom. The lowest BCUT2D eigenvalue weighted by Crippen LogP contribution is -2.22. The third-order valence-corrected chi connectivity index (χ3v) is 2.14. The number of aliphatic hydroxyl groups excluding tert-OH is 2. The fourth-order valence-electron chi connectivity index (χ4n) is 1.12. The minimum atomic E-state index is 0.0985. The van der Waals surface area contributed by atoms with Crippen LogP contribution in [-0.2, 0) is 4.74 Å². The molecular formula is C10H24N2O3. The normalized spacial score (nSPS) is 11.6.